The highest BCUT2D eigenvalue weighted by Gasteiger charge is 2.28. The molecule has 1 aromatic rings. The average molecular weight is 307 g/mol. The van der Waals surface area contributed by atoms with Gasteiger partial charge in [0.2, 0.25) is 0 Å². The van der Waals surface area contributed by atoms with Gasteiger partial charge in [0.15, 0.2) is 6.04 Å². The molecule has 1 amide bonds. The number of rotatable bonds is 6. The highest BCUT2D eigenvalue weighted by Crippen LogP contribution is 2.23. The van der Waals surface area contributed by atoms with E-state index in [4.69, 9.17) is 5.11 Å². The second-order valence-electron chi connectivity index (χ2n) is 4.29. The van der Waals surface area contributed by atoms with Gasteiger partial charge in [-0.3, -0.25) is 4.79 Å². The van der Waals surface area contributed by atoms with Gasteiger partial charge in [-0.25, -0.2) is 9.18 Å². The molecular formula is C13H13F4NO3. The molecule has 116 valence electrons. The molecule has 0 fully saturated rings. The number of hydrogen-bond donors (Lipinski definition) is 2. The van der Waals surface area contributed by atoms with Crippen LogP contribution in [0.4, 0.5) is 17.6 Å². The molecule has 2 N–H and O–H groups in total. The van der Waals surface area contributed by atoms with Crippen LogP contribution in [0.15, 0.2) is 24.3 Å². The van der Waals surface area contributed by atoms with Gasteiger partial charge in [0, 0.05) is 12.0 Å². The lowest BCUT2D eigenvalue weighted by molar-refractivity contribution is -0.139. The topological polar surface area (TPSA) is 66.4 Å². The molecule has 8 heteroatoms. The number of carbonyl (C=O) groups excluding carboxylic acids is 1. The third-order valence-corrected chi connectivity index (χ3v) is 2.70. The molecule has 0 aliphatic heterocycles. The first-order chi connectivity index (χ1) is 9.74. The lowest BCUT2D eigenvalue weighted by atomic mass is 10.0. The van der Waals surface area contributed by atoms with Gasteiger partial charge >= 0.3 is 12.1 Å². The summed E-state index contributed by atoms with van der Waals surface area (Å²) < 4.78 is 49.1. The van der Waals surface area contributed by atoms with E-state index in [0.29, 0.717) is 0 Å². The van der Waals surface area contributed by atoms with Crippen molar-refractivity contribution in [3.8, 4) is 0 Å². The van der Waals surface area contributed by atoms with E-state index < -0.39 is 43.6 Å². The molecule has 0 aliphatic rings. The Morgan fingerprint density at radius 2 is 1.86 bits per heavy atom. The molecule has 0 spiro atoms. The van der Waals surface area contributed by atoms with Crippen LogP contribution < -0.4 is 5.32 Å². The molecule has 0 aromatic heterocycles. The summed E-state index contributed by atoms with van der Waals surface area (Å²) in [7, 11) is 0. The van der Waals surface area contributed by atoms with E-state index >= 15 is 0 Å². The van der Waals surface area contributed by atoms with Crippen molar-refractivity contribution < 1.29 is 32.3 Å². The van der Waals surface area contributed by atoms with E-state index in [9.17, 15) is 27.2 Å². The Morgan fingerprint density at radius 3 is 2.38 bits per heavy atom. The highest BCUT2D eigenvalue weighted by atomic mass is 19.4. The van der Waals surface area contributed by atoms with Gasteiger partial charge < -0.3 is 10.4 Å². The maximum atomic E-state index is 12.4. The Labute approximate surface area is 117 Å². The van der Waals surface area contributed by atoms with Crippen molar-refractivity contribution in [1.82, 2.24) is 5.32 Å². The Hall–Kier alpha value is -2.12. The van der Waals surface area contributed by atoms with Gasteiger partial charge in [0.1, 0.15) is 6.67 Å². The number of nitrogens with one attached hydrogen (secondary N) is 1. The van der Waals surface area contributed by atoms with Crippen LogP contribution >= 0.6 is 0 Å². The van der Waals surface area contributed by atoms with E-state index in [-0.39, 0.29) is 11.1 Å². The molecule has 1 rings (SSSR count). The number of aryl methyl sites for hydroxylation is 1. The molecule has 0 aliphatic carbocycles. The predicted octanol–water partition coefficient (Wildman–Crippen LogP) is 2.33. The van der Waals surface area contributed by atoms with E-state index in [1.54, 1.807) is 0 Å². The van der Waals surface area contributed by atoms with Crippen LogP contribution in [0.2, 0.25) is 0 Å². The summed E-state index contributed by atoms with van der Waals surface area (Å²) in [6, 6.07) is 3.77. The number of carboxylic acid groups (broad SMARTS) is 1. The van der Waals surface area contributed by atoms with Crippen LogP contribution in [-0.4, -0.2) is 35.9 Å². The summed E-state index contributed by atoms with van der Waals surface area (Å²) in [6.45, 7) is -1.31. The minimum absolute atomic E-state index is 0.0959. The number of carboxylic acids is 1. The number of hydrogen-bond acceptors (Lipinski definition) is 2. The van der Waals surface area contributed by atoms with Crippen molar-refractivity contribution in [2.45, 2.75) is 25.1 Å². The van der Waals surface area contributed by atoms with E-state index in [1.165, 1.54) is 24.3 Å². The van der Waals surface area contributed by atoms with Crippen LogP contribution in [0.1, 0.15) is 22.3 Å². The van der Waals surface area contributed by atoms with Crippen molar-refractivity contribution in [2.75, 3.05) is 6.67 Å². The van der Waals surface area contributed by atoms with Gasteiger partial charge in [-0.1, -0.05) is 18.2 Å². The van der Waals surface area contributed by atoms with Crippen LogP contribution in [0.3, 0.4) is 0 Å². The molecule has 4 nitrogen and oxygen atoms in total. The van der Waals surface area contributed by atoms with Crippen molar-refractivity contribution in [2.24, 2.45) is 0 Å². The van der Waals surface area contributed by atoms with Gasteiger partial charge in [0.05, 0.1) is 0 Å². The monoisotopic (exact) mass is 307 g/mol. The number of amides is 1. The molecule has 0 heterocycles. The maximum absolute atomic E-state index is 12.4. The van der Waals surface area contributed by atoms with Crippen LogP contribution in [0.25, 0.3) is 0 Å². The van der Waals surface area contributed by atoms with Gasteiger partial charge in [0.25, 0.3) is 5.91 Å². The normalized spacial score (nSPS) is 12.8. The summed E-state index contributed by atoms with van der Waals surface area (Å²) in [5, 5.41) is 10.6. The minimum Gasteiger partial charge on any atom is -0.480 e. The smallest absolute Gasteiger partial charge is 0.389 e. The number of benzene rings is 1. The summed E-state index contributed by atoms with van der Waals surface area (Å²) in [5.74, 6) is -2.48. The summed E-state index contributed by atoms with van der Waals surface area (Å²) in [6.07, 6.45) is -5.89. The van der Waals surface area contributed by atoms with Crippen molar-refractivity contribution >= 4 is 11.9 Å². The Balaban J connectivity index is 2.87. The largest absolute Gasteiger partial charge is 0.480 e. The Bertz CT molecular complexity index is 516. The third-order valence-electron chi connectivity index (χ3n) is 2.70. The third kappa shape index (κ3) is 5.41. The summed E-state index contributed by atoms with van der Waals surface area (Å²) in [4.78, 5) is 22.5. The average Bonchev–Trinajstić information content (AvgIpc) is 2.41. The highest BCUT2D eigenvalue weighted by molar-refractivity contribution is 5.97. The maximum Gasteiger partial charge on any atom is 0.389 e. The Kier molecular flexibility index (Phi) is 5.69. The van der Waals surface area contributed by atoms with Gasteiger partial charge in [-0.15, -0.1) is 0 Å². The van der Waals surface area contributed by atoms with Crippen LogP contribution in [0, 0.1) is 0 Å². The zero-order valence-electron chi connectivity index (χ0n) is 10.8. The standard InChI is InChI=1S/C13H13F4NO3/c14-7-10(12(20)21)18-11(19)9-4-2-1-3-8(9)5-6-13(15,16)17/h1-4,10H,5-7H2,(H,18,19)(H,20,21). The lowest BCUT2D eigenvalue weighted by Gasteiger charge is -2.14. The van der Waals surface area contributed by atoms with E-state index in [2.05, 4.69) is 0 Å². The zero-order valence-corrected chi connectivity index (χ0v) is 10.8. The van der Waals surface area contributed by atoms with E-state index in [1.807, 2.05) is 5.32 Å². The predicted molar refractivity (Wildman–Crippen MR) is 65.7 cm³/mol. The number of aliphatic carboxylic acids is 1. The first kappa shape index (κ1) is 16.9. The first-order valence-corrected chi connectivity index (χ1v) is 5.99. The number of halogens is 4. The molecule has 0 radical (unpaired) electrons. The fraction of sp³-hybridized carbons (Fsp3) is 0.385. The quantitative estimate of drug-likeness (QED) is 0.793. The summed E-state index contributed by atoms with van der Waals surface area (Å²) in [5.41, 5.74) is 0.0248. The van der Waals surface area contributed by atoms with E-state index in [0.717, 1.165) is 0 Å². The first-order valence-electron chi connectivity index (χ1n) is 5.99. The molecule has 1 atom stereocenters. The van der Waals surface area contributed by atoms with Gasteiger partial charge in [-0.2, -0.15) is 13.2 Å². The second kappa shape index (κ2) is 7.05. The van der Waals surface area contributed by atoms with Crippen molar-refractivity contribution in [1.29, 1.82) is 0 Å². The molecular weight excluding hydrogens is 294 g/mol. The molecule has 0 saturated carbocycles. The lowest BCUT2D eigenvalue weighted by Crippen LogP contribution is -2.42. The number of carbonyl (C=O) groups is 2. The Morgan fingerprint density at radius 1 is 1.24 bits per heavy atom. The zero-order chi connectivity index (χ0) is 16.0. The van der Waals surface area contributed by atoms with Crippen LogP contribution in [0.5, 0.6) is 0 Å². The fourth-order valence-electron chi connectivity index (χ4n) is 1.64. The molecule has 1 unspecified atom stereocenters. The summed E-state index contributed by atoms with van der Waals surface area (Å²) >= 11 is 0. The molecule has 21 heavy (non-hydrogen) atoms. The minimum atomic E-state index is -4.37. The SMILES string of the molecule is O=C(NC(CF)C(=O)O)c1ccccc1CCC(F)(F)F. The number of alkyl halides is 4. The molecule has 0 bridgehead atoms. The molecule has 0 saturated heterocycles. The molecule has 1 aromatic carbocycles. The van der Waals surface area contributed by atoms with Crippen molar-refractivity contribution in [3.05, 3.63) is 35.4 Å². The van der Waals surface area contributed by atoms with Gasteiger partial charge in [-0.05, 0) is 18.1 Å². The van der Waals surface area contributed by atoms with Crippen LogP contribution in [-0.2, 0) is 11.2 Å². The second-order valence-corrected chi connectivity index (χ2v) is 4.29. The van der Waals surface area contributed by atoms with Crippen molar-refractivity contribution in [3.63, 3.8) is 0 Å². The fourth-order valence-corrected chi connectivity index (χ4v) is 1.64.